The highest BCUT2D eigenvalue weighted by molar-refractivity contribution is 7.92. The Kier molecular flexibility index (Phi) is 10.7. The number of ether oxygens (including phenoxy) is 1. The van der Waals surface area contributed by atoms with Crippen molar-refractivity contribution in [1.29, 1.82) is 0 Å². The van der Waals surface area contributed by atoms with Crippen LogP contribution < -0.4 is 20.5 Å². The van der Waals surface area contributed by atoms with Crippen LogP contribution >= 0.6 is 0 Å². The van der Waals surface area contributed by atoms with Crippen LogP contribution in [0.15, 0.2) is 102 Å². The molecule has 4 aromatic rings. The summed E-state index contributed by atoms with van der Waals surface area (Å²) in [4.78, 5) is 30.4. The van der Waals surface area contributed by atoms with Gasteiger partial charge in [-0.15, -0.1) is 0 Å². The van der Waals surface area contributed by atoms with Gasteiger partial charge in [0.15, 0.2) is 5.75 Å². The van der Waals surface area contributed by atoms with E-state index in [1.54, 1.807) is 84.6 Å². The van der Waals surface area contributed by atoms with Crippen LogP contribution in [0.5, 0.6) is 5.75 Å². The van der Waals surface area contributed by atoms with Gasteiger partial charge in [-0.1, -0.05) is 55.5 Å². The molecule has 4 aromatic carbocycles. The average Bonchev–Trinajstić information content (AvgIpc) is 3.08. The minimum Gasteiger partial charge on any atom is -0.486 e. The summed E-state index contributed by atoms with van der Waals surface area (Å²) in [5, 5.41) is 12.8. The highest BCUT2D eigenvalue weighted by Crippen LogP contribution is 2.36. The maximum atomic E-state index is 13.8. The average molecular weight is 672 g/mol. The summed E-state index contributed by atoms with van der Waals surface area (Å²) in [6.45, 7) is 4.81. The quantitative estimate of drug-likeness (QED) is 0.168. The number of aliphatic hydroxyl groups is 1. The smallest absolute Gasteiger partial charge is 0.262 e. The lowest BCUT2D eigenvalue weighted by atomic mass is 9.99. The molecule has 0 aromatic heterocycles. The second-order valence-corrected chi connectivity index (χ2v) is 13.8. The molecule has 0 fully saturated rings. The molecule has 252 valence electrons. The molecule has 0 unspecified atom stereocenters. The predicted octanol–water partition coefficient (Wildman–Crippen LogP) is 4.67. The van der Waals surface area contributed by atoms with E-state index in [0.29, 0.717) is 36.6 Å². The molecule has 1 heterocycles. The van der Waals surface area contributed by atoms with Crippen LogP contribution in [-0.2, 0) is 16.6 Å². The summed E-state index contributed by atoms with van der Waals surface area (Å²) >= 11 is 0. The van der Waals surface area contributed by atoms with E-state index in [-0.39, 0.29) is 46.2 Å². The number of aliphatic hydroxyl groups excluding tert-OH is 1. The topological polar surface area (TPSA) is 154 Å². The molecule has 0 radical (unpaired) electrons. The molecule has 0 bridgehead atoms. The first-order chi connectivity index (χ1) is 23.0. The number of nitrogens with zero attached hydrogens (tertiary/aromatic N) is 2. The fraction of sp³-hybridized carbons (Fsp3) is 0.278. The van der Waals surface area contributed by atoms with Crippen LogP contribution in [0.25, 0.3) is 0 Å². The number of hydrogen-bond donors (Lipinski definition) is 4. The largest absolute Gasteiger partial charge is 0.486 e. The van der Waals surface area contributed by atoms with Gasteiger partial charge in [0.25, 0.3) is 21.8 Å². The number of rotatable bonds is 11. The van der Waals surface area contributed by atoms with E-state index >= 15 is 0 Å². The van der Waals surface area contributed by atoms with E-state index in [2.05, 4.69) is 14.9 Å². The second kappa shape index (κ2) is 14.9. The fourth-order valence-electron chi connectivity index (χ4n) is 5.60. The molecule has 0 aliphatic carbocycles. The zero-order chi connectivity index (χ0) is 34.4. The van der Waals surface area contributed by atoms with E-state index in [1.807, 2.05) is 26.1 Å². The van der Waals surface area contributed by atoms with Gasteiger partial charge in [0.05, 0.1) is 40.2 Å². The Morgan fingerprint density at radius 3 is 2.35 bits per heavy atom. The van der Waals surface area contributed by atoms with Gasteiger partial charge in [0.2, 0.25) is 0 Å². The fourth-order valence-corrected chi connectivity index (χ4v) is 6.68. The Morgan fingerprint density at radius 1 is 1.00 bits per heavy atom. The maximum Gasteiger partial charge on any atom is 0.262 e. The molecule has 1 aliphatic heterocycles. The molecule has 1 aliphatic rings. The number of nitrogens with one attached hydrogen (secondary N) is 2. The molecule has 0 saturated carbocycles. The van der Waals surface area contributed by atoms with Gasteiger partial charge in [0.1, 0.15) is 6.10 Å². The van der Waals surface area contributed by atoms with Crippen molar-refractivity contribution >= 4 is 38.9 Å². The number of nitrogens with two attached hydrogens (primary N) is 1. The minimum atomic E-state index is -3.98. The third-order valence-corrected chi connectivity index (χ3v) is 9.74. The Bertz CT molecular complexity index is 1850. The number of benzene rings is 4. The predicted molar refractivity (Wildman–Crippen MR) is 186 cm³/mol. The molecule has 5 N–H and O–H groups in total. The molecule has 0 spiro atoms. The van der Waals surface area contributed by atoms with E-state index in [0.717, 1.165) is 5.56 Å². The Hall–Kier alpha value is -4.91. The monoisotopic (exact) mass is 671 g/mol. The van der Waals surface area contributed by atoms with Gasteiger partial charge in [-0.3, -0.25) is 19.2 Å². The first-order valence-electron chi connectivity index (χ1n) is 15.7. The summed E-state index contributed by atoms with van der Waals surface area (Å²) < 4.78 is 35.8. The number of amides is 2. The SMILES string of the molecule is C[C@H](CO)N1C[C@H](C)[C@H](CN(C)Cc2ccc(C(=O)Nc3ccccc3N)cc2)Oc2c(NS(=O)(=O)c3ccccc3)cccc2C1=O. The zero-order valence-electron chi connectivity index (χ0n) is 27.2. The van der Waals surface area contributed by atoms with Crippen LogP contribution in [0.3, 0.4) is 0 Å². The minimum absolute atomic E-state index is 0.0765. The van der Waals surface area contributed by atoms with Gasteiger partial charge in [-0.25, -0.2) is 8.42 Å². The molecule has 3 atom stereocenters. The third-order valence-electron chi connectivity index (χ3n) is 8.36. The number of fused-ring (bicyclic) bond motifs is 1. The lowest BCUT2D eigenvalue weighted by molar-refractivity contribution is 0.0344. The van der Waals surface area contributed by atoms with Crippen LogP contribution in [0.2, 0.25) is 0 Å². The van der Waals surface area contributed by atoms with E-state index in [4.69, 9.17) is 10.5 Å². The van der Waals surface area contributed by atoms with Crippen LogP contribution in [0.4, 0.5) is 17.1 Å². The number of hydrogen-bond acceptors (Lipinski definition) is 8. The number of sulfonamides is 1. The zero-order valence-corrected chi connectivity index (χ0v) is 28.0. The van der Waals surface area contributed by atoms with Crippen molar-refractivity contribution in [3.63, 3.8) is 0 Å². The molecule has 48 heavy (non-hydrogen) atoms. The number of anilines is 3. The summed E-state index contributed by atoms with van der Waals surface area (Å²) in [6.07, 6.45) is -0.459. The molecule has 11 nitrogen and oxygen atoms in total. The summed E-state index contributed by atoms with van der Waals surface area (Å²) in [5.74, 6) is -0.673. The Balaban J connectivity index is 1.37. The molecular weight excluding hydrogens is 630 g/mol. The second-order valence-electron chi connectivity index (χ2n) is 12.2. The molecule has 5 rings (SSSR count). The van der Waals surface area contributed by atoms with Crippen LogP contribution in [-0.4, -0.2) is 74.0 Å². The number of carbonyl (C=O) groups excluding carboxylic acids is 2. The van der Waals surface area contributed by atoms with Gasteiger partial charge >= 0.3 is 0 Å². The van der Waals surface area contributed by atoms with Crippen molar-refractivity contribution in [3.8, 4) is 5.75 Å². The standard InChI is InChI=1S/C36H41N5O6S/c1-24-20-41(25(2)23-42)36(44)29-12-9-15-32(39-48(45,46)28-10-5-4-6-11-28)34(29)47-33(24)22-40(3)21-26-16-18-27(19-17-26)35(43)38-31-14-8-7-13-30(31)37/h4-19,24-25,33,39,42H,20-23,37H2,1-3H3,(H,38,43)/t24-,25+,33-/m0/s1. The summed E-state index contributed by atoms with van der Waals surface area (Å²) in [6, 6.07) is 26.7. The van der Waals surface area contributed by atoms with E-state index < -0.39 is 22.2 Å². The van der Waals surface area contributed by atoms with Crippen molar-refractivity contribution in [2.45, 2.75) is 37.4 Å². The molecule has 2 amide bonds. The van der Waals surface area contributed by atoms with Crippen LogP contribution in [0, 0.1) is 5.92 Å². The third kappa shape index (κ3) is 7.96. The molecular formula is C36H41N5O6S. The molecule has 0 saturated heterocycles. The number of para-hydroxylation sites is 3. The lowest BCUT2D eigenvalue weighted by Crippen LogP contribution is -2.49. The van der Waals surface area contributed by atoms with Crippen molar-refractivity contribution < 1.29 is 27.9 Å². The highest BCUT2D eigenvalue weighted by Gasteiger charge is 2.35. The maximum absolute atomic E-state index is 13.8. The van der Waals surface area contributed by atoms with Crippen LogP contribution in [0.1, 0.15) is 40.1 Å². The summed E-state index contributed by atoms with van der Waals surface area (Å²) in [5.41, 5.74) is 8.80. The number of nitrogen functional groups attached to an aromatic ring is 1. The van der Waals surface area contributed by atoms with Gasteiger partial charge in [-0.2, -0.15) is 0 Å². The first kappa shape index (κ1) is 34.4. The van der Waals surface area contributed by atoms with E-state index in [9.17, 15) is 23.1 Å². The van der Waals surface area contributed by atoms with Crippen molar-refractivity contribution in [2.75, 3.05) is 42.5 Å². The van der Waals surface area contributed by atoms with Gasteiger partial charge in [0, 0.05) is 31.1 Å². The number of likely N-dealkylation sites (N-methyl/N-ethyl adjacent to an activating group) is 1. The van der Waals surface area contributed by atoms with E-state index in [1.165, 1.54) is 12.1 Å². The number of carbonyl (C=O) groups is 2. The Morgan fingerprint density at radius 2 is 1.67 bits per heavy atom. The highest BCUT2D eigenvalue weighted by atomic mass is 32.2. The molecule has 12 heteroatoms. The Labute approximate surface area is 281 Å². The van der Waals surface area contributed by atoms with Gasteiger partial charge in [-0.05, 0) is 68.1 Å². The van der Waals surface area contributed by atoms with Crippen molar-refractivity contribution in [3.05, 3.63) is 114 Å². The van der Waals surface area contributed by atoms with Gasteiger partial charge < -0.3 is 25.8 Å². The first-order valence-corrected chi connectivity index (χ1v) is 17.2. The van der Waals surface area contributed by atoms with Crippen molar-refractivity contribution in [1.82, 2.24) is 9.80 Å². The normalized spacial score (nSPS) is 17.1. The lowest BCUT2D eigenvalue weighted by Gasteiger charge is -2.38. The van der Waals surface area contributed by atoms with Crippen molar-refractivity contribution in [2.24, 2.45) is 5.92 Å². The summed E-state index contributed by atoms with van der Waals surface area (Å²) in [7, 11) is -2.04.